The topological polar surface area (TPSA) is 94.0 Å². The van der Waals surface area contributed by atoms with Crippen molar-refractivity contribution >= 4 is 40.0 Å². The average Bonchev–Trinajstić information content (AvgIpc) is 3.03. The number of nitrogens with zero attached hydrogens (tertiary/aromatic N) is 1. The highest BCUT2D eigenvalue weighted by Crippen LogP contribution is 2.30. The predicted octanol–water partition coefficient (Wildman–Crippen LogP) is 5.26. The van der Waals surface area contributed by atoms with Gasteiger partial charge in [-0.2, -0.15) is 0 Å². The molecular weight excluding hydrogens is 388 g/mol. The first-order valence-electron chi connectivity index (χ1n) is 9.86. The number of hydrogen-bond donors (Lipinski definition) is 3. The number of nitrogens with two attached hydrogens (primary N) is 2. The normalized spacial score (nSPS) is 14.5. The Kier molecular flexibility index (Phi) is 9.28. The van der Waals surface area contributed by atoms with Crippen molar-refractivity contribution in [3.63, 3.8) is 0 Å². The van der Waals surface area contributed by atoms with Gasteiger partial charge in [0.15, 0.2) is 5.13 Å². The smallest absolute Gasteiger partial charge is 0.206 e. The van der Waals surface area contributed by atoms with Crippen molar-refractivity contribution < 1.29 is 4.79 Å². The van der Waals surface area contributed by atoms with E-state index in [1.54, 1.807) is 0 Å². The first-order valence-corrected chi connectivity index (χ1v) is 11.7. The zero-order valence-electron chi connectivity index (χ0n) is 17.0. The second kappa shape index (κ2) is 11.4. The third-order valence-electron chi connectivity index (χ3n) is 4.54. The average molecular weight is 421 g/mol. The Morgan fingerprint density at radius 1 is 1.25 bits per heavy atom. The van der Waals surface area contributed by atoms with Gasteiger partial charge in [-0.05, 0) is 25.7 Å². The molecule has 5 nitrogen and oxygen atoms in total. The number of aromatic nitrogens is 1. The third-order valence-corrected chi connectivity index (χ3v) is 6.40. The summed E-state index contributed by atoms with van der Waals surface area (Å²) in [6.45, 7) is 6.31. The van der Waals surface area contributed by atoms with Gasteiger partial charge in [0, 0.05) is 17.4 Å². The van der Waals surface area contributed by atoms with Crippen molar-refractivity contribution in [2.45, 2.75) is 58.9 Å². The Hall–Kier alpha value is -1.57. The molecule has 28 heavy (non-hydrogen) atoms. The molecule has 0 aliphatic heterocycles. The fourth-order valence-electron chi connectivity index (χ4n) is 3.01. The number of rotatable bonds is 6. The van der Waals surface area contributed by atoms with E-state index in [0.717, 1.165) is 22.4 Å². The summed E-state index contributed by atoms with van der Waals surface area (Å²) in [7, 11) is 0. The maximum atomic E-state index is 12.5. The van der Waals surface area contributed by atoms with Crippen LogP contribution < -0.4 is 16.2 Å². The number of hydrogen-bond acceptors (Lipinski definition) is 7. The van der Waals surface area contributed by atoms with E-state index in [0.29, 0.717) is 22.3 Å². The van der Waals surface area contributed by atoms with Crippen LogP contribution in [0.5, 0.6) is 0 Å². The number of nitrogens with one attached hydrogen (secondary N) is 1. The summed E-state index contributed by atoms with van der Waals surface area (Å²) in [6, 6.07) is 8.01. The number of thiazole rings is 1. The Labute approximate surface area is 176 Å². The SMILES string of the molecule is CC(C)CSN.Cc1ccc(C(=O)c2sc(NC3CCCCC3)nc2N)cc1. The van der Waals surface area contributed by atoms with Gasteiger partial charge in [-0.25, -0.2) is 4.98 Å². The second-order valence-electron chi connectivity index (χ2n) is 7.63. The van der Waals surface area contributed by atoms with Crippen LogP contribution in [0.3, 0.4) is 0 Å². The molecule has 1 aromatic heterocycles. The molecule has 1 aromatic carbocycles. The van der Waals surface area contributed by atoms with Gasteiger partial charge in [0.05, 0.1) is 0 Å². The van der Waals surface area contributed by atoms with Gasteiger partial charge >= 0.3 is 0 Å². The molecule has 0 spiro atoms. The number of anilines is 2. The van der Waals surface area contributed by atoms with Crippen molar-refractivity contribution in [1.29, 1.82) is 0 Å². The Morgan fingerprint density at radius 2 is 1.89 bits per heavy atom. The predicted molar refractivity (Wildman–Crippen MR) is 123 cm³/mol. The Balaban J connectivity index is 0.000000409. The van der Waals surface area contributed by atoms with Crippen molar-refractivity contribution in [3.05, 3.63) is 40.3 Å². The Morgan fingerprint density at radius 3 is 2.43 bits per heavy atom. The first-order chi connectivity index (χ1) is 13.4. The maximum absolute atomic E-state index is 12.5. The van der Waals surface area contributed by atoms with Crippen LogP contribution in [0, 0.1) is 12.8 Å². The van der Waals surface area contributed by atoms with E-state index in [1.807, 2.05) is 31.2 Å². The zero-order valence-corrected chi connectivity index (χ0v) is 18.7. The largest absolute Gasteiger partial charge is 0.382 e. The monoisotopic (exact) mass is 420 g/mol. The highest BCUT2D eigenvalue weighted by Gasteiger charge is 2.20. The van der Waals surface area contributed by atoms with Gasteiger partial charge in [0.25, 0.3) is 0 Å². The highest BCUT2D eigenvalue weighted by atomic mass is 32.2. The van der Waals surface area contributed by atoms with Crippen molar-refractivity contribution in [3.8, 4) is 0 Å². The zero-order chi connectivity index (χ0) is 20.5. The number of benzene rings is 1. The van der Waals surface area contributed by atoms with E-state index in [2.05, 4.69) is 24.1 Å². The molecule has 0 unspecified atom stereocenters. The summed E-state index contributed by atoms with van der Waals surface area (Å²) >= 11 is 2.77. The Bertz CT molecular complexity index is 737. The van der Waals surface area contributed by atoms with Gasteiger partial charge < -0.3 is 11.1 Å². The molecule has 1 saturated carbocycles. The first kappa shape index (κ1) is 22.7. The molecular formula is C21H32N4OS2. The van der Waals surface area contributed by atoms with Gasteiger partial charge in [-0.3, -0.25) is 9.93 Å². The highest BCUT2D eigenvalue weighted by molar-refractivity contribution is 7.97. The number of carbonyl (C=O) groups excluding carboxylic acids is 1. The molecule has 154 valence electrons. The van der Waals surface area contributed by atoms with Crippen LogP contribution in [0.1, 0.15) is 66.8 Å². The second-order valence-corrected chi connectivity index (χ2v) is 9.30. The van der Waals surface area contributed by atoms with Crippen LogP contribution in [0.2, 0.25) is 0 Å². The molecule has 0 saturated heterocycles. The lowest BCUT2D eigenvalue weighted by Gasteiger charge is -2.22. The minimum absolute atomic E-state index is 0.0494. The molecule has 1 heterocycles. The standard InChI is InChI=1S/C17H21N3OS.C4H11NS/c1-11-7-9-12(10-8-11)14(21)15-16(18)20-17(22-15)19-13-5-3-2-4-6-13;1-4(2)3-6-5/h7-10,13H,2-6,18H2,1H3,(H,19,20);4H,3,5H2,1-2H3. The molecule has 7 heteroatoms. The van der Waals surface area contributed by atoms with E-state index in [9.17, 15) is 4.79 Å². The molecule has 0 atom stereocenters. The van der Waals surface area contributed by atoms with E-state index in [1.165, 1.54) is 55.4 Å². The molecule has 1 aliphatic carbocycles. The minimum Gasteiger partial charge on any atom is -0.382 e. The molecule has 2 aromatic rings. The van der Waals surface area contributed by atoms with E-state index < -0.39 is 0 Å². The maximum Gasteiger partial charge on any atom is 0.206 e. The summed E-state index contributed by atoms with van der Waals surface area (Å²) in [6.07, 6.45) is 6.16. The lowest BCUT2D eigenvalue weighted by Crippen LogP contribution is -2.22. The molecule has 5 N–H and O–H groups in total. The minimum atomic E-state index is -0.0494. The van der Waals surface area contributed by atoms with E-state index >= 15 is 0 Å². The van der Waals surface area contributed by atoms with Crippen LogP contribution in [0.4, 0.5) is 10.9 Å². The van der Waals surface area contributed by atoms with Crippen molar-refractivity contribution in [1.82, 2.24) is 4.98 Å². The molecule has 1 aliphatic rings. The number of ketones is 1. The van der Waals surface area contributed by atoms with Crippen LogP contribution in [-0.2, 0) is 0 Å². The lowest BCUT2D eigenvalue weighted by atomic mass is 9.96. The van der Waals surface area contributed by atoms with Crippen LogP contribution in [0.25, 0.3) is 0 Å². The molecule has 0 bridgehead atoms. The quantitative estimate of drug-likeness (QED) is 0.436. The van der Waals surface area contributed by atoms with E-state index in [4.69, 9.17) is 10.9 Å². The lowest BCUT2D eigenvalue weighted by molar-refractivity contribution is 0.104. The van der Waals surface area contributed by atoms with Crippen molar-refractivity contribution in [2.75, 3.05) is 16.8 Å². The van der Waals surface area contributed by atoms with E-state index in [-0.39, 0.29) is 5.78 Å². The summed E-state index contributed by atoms with van der Waals surface area (Å²) < 4.78 is 0. The molecule has 0 radical (unpaired) electrons. The number of carbonyl (C=O) groups is 1. The number of aryl methyl sites for hydroxylation is 1. The molecule has 3 rings (SSSR count). The van der Waals surface area contributed by atoms with Crippen LogP contribution >= 0.6 is 23.3 Å². The summed E-state index contributed by atoms with van der Waals surface area (Å²) in [5, 5.41) is 9.34. The summed E-state index contributed by atoms with van der Waals surface area (Å²) in [5.41, 5.74) is 7.74. The summed E-state index contributed by atoms with van der Waals surface area (Å²) in [5.74, 6) is 2.08. The fraction of sp³-hybridized carbons (Fsp3) is 0.524. The van der Waals surface area contributed by atoms with Gasteiger partial charge in [0.2, 0.25) is 5.78 Å². The van der Waals surface area contributed by atoms with Crippen LogP contribution in [-0.4, -0.2) is 22.6 Å². The van der Waals surface area contributed by atoms with Crippen LogP contribution in [0.15, 0.2) is 24.3 Å². The van der Waals surface area contributed by atoms with Crippen molar-refractivity contribution in [2.24, 2.45) is 11.1 Å². The van der Waals surface area contributed by atoms with Gasteiger partial charge in [0.1, 0.15) is 10.7 Å². The molecule has 0 amide bonds. The van der Waals surface area contributed by atoms with Gasteiger partial charge in [-0.1, -0.05) is 86.2 Å². The van der Waals surface area contributed by atoms with Gasteiger partial charge in [-0.15, -0.1) is 0 Å². The number of nitrogen functional groups attached to an aromatic ring is 1. The summed E-state index contributed by atoms with van der Waals surface area (Å²) in [4.78, 5) is 17.4. The molecule has 1 fully saturated rings. The third kappa shape index (κ3) is 7.11. The fourth-order valence-corrected chi connectivity index (χ4v) is 4.31.